The quantitative estimate of drug-likeness (QED) is 0.912. The van der Waals surface area contributed by atoms with Crippen molar-refractivity contribution in [1.82, 2.24) is 14.4 Å². The molecule has 1 amide bonds. The number of carbonyl (C=O) groups is 1. The second-order valence-corrected chi connectivity index (χ2v) is 7.20. The van der Waals surface area contributed by atoms with Gasteiger partial charge in [-0.1, -0.05) is 18.2 Å². The van der Waals surface area contributed by atoms with Gasteiger partial charge >= 0.3 is 0 Å². The molecule has 6 heteroatoms. The number of likely N-dealkylation sites (N-methyl/N-ethyl adjacent to an activating group) is 1. The van der Waals surface area contributed by atoms with Crippen LogP contribution in [-0.4, -0.2) is 64.7 Å². The van der Waals surface area contributed by atoms with Crippen molar-refractivity contribution in [3.8, 4) is 6.07 Å². The summed E-state index contributed by atoms with van der Waals surface area (Å²) >= 11 is 0. The third kappa shape index (κ3) is 3.26. The summed E-state index contributed by atoms with van der Waals surface area (Å²) in [6.07, 6.45) is 0.589. The van der Waals surface area contributed by atoms with E-state index < -0.39 is 5.60 Å². The summed E-state index contributed by atoms with van der Waals surface area (Å²) in [5.41, 5.74) is 1.48. The molecule has 1 fully saturated rings. The number of aromatic nitrogens is 1. The van der Waals surface area contributed by atoms with Gasteiger partial charge in [0.05, 0.1) is 23.2 Å². The average molecular weight is 340 g/mol. The predicted octanol–water partition coefficient (Wildman–Crippen LogP) is 1.35. The zero-order valence-electron chi connectivity index (χ0n) is 15.0. The Kier molecular flexibility index (Phi) is 4.55. The minimum absolute atomic E-state index is 0.0250. The highest BCUT2D eigenvalue weighted by Gasteiger charge is 2.38. The van der Waals surface area contributed by atoms with Crippen LogP contribution in [0.2, 0.25) is 0 Å². The molecule has 2 aromatic rings. The van der Waals surface area contributed by atoms with E-state index in [2.05, 4.69) is 6.07 Å². The lowest BCUT2D eigenvalue weighted by atomic mass is 10.0. The monoisotopic (exact) mass is 340 g/mol. The van der Waals surface area contributed by atoms with Crippen LogP contribution in [0.15, 0.2) is 24.3 Å². The van der Waals surface area contributed by atoms with Gasteiger partial charge in [-0.2, -0.15) is 5.26 Å². The molecule has 0 bridgehead atoms. The zero-order chi connectivity index (χ0) is 18.2. The number of rotatable bonds is 4. The fourth-order valence-electron chi connectivity index (χ4n) is 3.80. The largest absolute Gasteiger partial charge is 0.387 e. The number of nitriles is 1. The number of para-hydroxylation sites is 1. The van der Waals surface area contributed by atoms with Crippen molar-refractivity contribution in [1.29, 1.82) is 5.26 Å². The van der Waals surface area contributed by atoms with E-state index in [0.717, 1.165) is 16.6 Å². The maximum absolute atomic E-state index is 12.8. The fraction of sp³-hybridized carbons (Fsp3) is 0.474. The van der Waals surface area contributed by atoms with Crippen LogP contribution in [0.5, 0.6) is 0 Å². The number of carbonyl (C=O) groups excluding carboxylic acids is 1. The lowest BCUT2D eigenvalue weighted by Crippen LogP contribution is -2.44. The molecule has 0 saturated carbocycles. The van der Waals surface area contributed by atoms with E-state index in [9.17, 15) is 15.2 Å². The number of nitrogens with zero attached hydrogens (tertiary/aromatic N) is 4. The average Bonchev–Trinajstić information content (AvgIpc) is 3.06. The molecule has 25 heavy (non-hydrogen) atoms. The summed E-state index contributed by atoms with van der Waals surface area (Å²) in [7, 11) is 3.84. The number of benzene rings is 1. The molecular weight excluding hydrogens is 316 g/mol. The van der Waals surface area contributed by atoms with E-state index in [1.54, 1.807) is 4.90 Å². The van der Waals surface area contributed by atoms with E-state index >= 15 is 0 Å². The minimum Gasteiger partial charge on any atom is -0.387 e. The molecule has 1 atom stereocenters. The lowest BCUT2D eigenvalue weighted by Gasteiger charge is -2.26. The minimum atomic E-state index is -0.842. The molecule has 1 N–H and O–H groups in total. The molecule has 1 aliphatic heterocycles. The first kappa shape index (κ1) is 17.5. The normalized spacial score (nSPS) is 20.4. The summed E-state index contributed by atoms with van der Waals surface area (Å²) in [5, 5.41) is 20.9. The zero-order valence-corrected chi connectivity index (χ0v) is 15.0. The van der Waals surface area contributed by atoms with Gasteiger partial charge < -0.3 is 19.5 Å². The number of β-amino-alcohol motifs (C(OH)–C–C–N with tert-alkyl or cyclic N) is 1. The third-order valence-corrected chi connectivity index (χ3v) is 4.93. The highest BCUT2D eigenvalue weighted by atomic mass is 16.3. The van der Waals surface area contributed by atoms with Crippen LogP contribution in [0.3, 0.4) is 0 Å². The number of aliphatic hydroxyl groups is 1. The molecule has 1 aromatic heterocycles. The van der Waals surface area contributed by atoms with Gasteiger partial charge in [0.2, 0.25) is 5.91 Å². The van der Waals surface area contributed by atoms with Gasteiger partial charge in [0.1, 0.15) is 12.6 Å². The van der Waals surface area contributed by atoms with Crippen molar-refractivity contribution in [2.75, 3.05) is 33.7 Å². The third-order valence-electron chi connectivity index (χ3n) is 4.93. The van der Waals surface area contributed by atoms with Crippen LogP contribution < -0.4 is 0 Å². The van der Waals surface area contributed by atoms with Gasteiger partial charge in [0, 0.05) is 24.2 Å². The number of hydrogen-bond donors (Lipinski definition) is 1. The first-order chi connectivity index (χ1) is 11.8. The van der Waals surface area contributed by atoms with Gasteiger partial charge in [-0.05, 0) is 33.5 Å². The Balaban J connectivity index is 1.82. The Morgan fingerprint density at radius 2 is 2.12 bits per heavy atom. The standard InChI is InChI=1S/C19H24N4O2/c1-14-16(10-20)15-6-4-5-7-17(15)23(14)11-18(24)22-9-8-19(25,13-22)12-21(2)3/h4-7,25H,8-9,11-13H2,1-3H3/t19-/m1/s1. The molecule has 1 aliphatic rings. The van der Waals surface area contributed by atoms with Gasteiger partial charge in [-0.15, -0.1) is 0 Å². The Labute approximate surface area is 147 Å². The van der Waals surface area contributed by atoms with Crippen molar-refractivity contribution in [3.05, 3.63) is 35.5 Å². The molecule has 1 saturated heterocycles. The second-order valence-electron chi connectivity index (χ2n) is 7.20. The first-order valence-corrected chi connectivity index (χ1v) is 8.47. The van der Waals surface area contributed by atoms with Crippen LogP contribution in [0.4, 0.5) is 0 Å². The van der Waals surface area contributed by atoms with E-state index in [-0.39, 0.29) is 12.5 Å². The summed E-state index contributed by atoms with van der Waals surface area (Å²) in [4.78, 5) is 16.4. The van der Waals surface area contributed by atoms with Gasteiger partial charge in [0.25, 0.3) is 0 Å². The van der Waals surface area contributed by atoms with E-state index in [1.807, 2.05) is 54.8 Å². The van der Waals surface area contributed by atoms with Crippen LogP contribution in [0.1, 0.15) is 17.7 Å². The molecule has 6 nitrogen and oxygen atoms in total. The molecule has 0 spiro atoms. The van der Waals surface area contributed by atoms with Crippen molar-refractivity contribution in [2.45, 2.75) is 25.5 Å². The smallest absolute Gasteiger partial charge is 0.242 e. The van der Waals surface area contributed by atoms with Crippen LogP contribution >= 0.6 is 0 Å². The summed E-state index contributed by atoms with van der Waals surface area (Å²) in [5.74, 6) is -0.0250. The topological polar surface area (TPSA) is 72.5 Å². The molecule has 0 unspecified atom stereocenters. The molecule has 132 valence electrons. The summed E-state index contributed by atoms with van der Waals surface area (Å²) in [6.45, 7) is 3.52. The van der Waals surface area contributed by atoms with Crippen molar-refractivity contribution in [3.63, 3.8) is 0 Å². The molecule has 3 rings (SSSR count). The first-order valence-electron chi connectivity index (χ1n) is 8.47. The highest BCUT2D eigenvalue weighted by molar-refractivity contribution is 5.89. The maximum Gasteiger partial charge on any atom is 0.242 e. The Bertz CT molecular complexity index is 849. The highest BCUT2D eigenvalue weighted by Crippen LogP contribution is 2.26. The fourth-order valence-corrected chi connectivity index (χ4v) is 3.80. The van der Waals surface area contributed by atoms with Crippen molar-refractivity contribution in [2.24, 2.45) is 0 Å². The summed E-state index contributed by atoms with van der Waals surface area (Å²) < 4.78 is 1.90. The number of likely N-dealkylation sites (tertiary alicyclic amines) is 1. The van der Waals surface area contributed by atoms with Crippen LogP contribution in [0.25, 0.3) is 10.9 Å². The Morgan fingerprint density at radius 3 is 2.80 bits per heavy atom. The lowest BCUT2D eigenvalue weighted by molar-refractivity contribution is -0.131. The Hall–Kier alpha value is -2.36. The number of fused-ring (bicyclic) bond motifs is 1. The van der Waals surface area contributed by atoms with Gasteiger partial charge in [-0.25, -0.2) is 0 Å². The Morgan fingerprint density at radius 1 is 1.40 bits per heavy atom. The van der Waals surface area contributed by atoms with Gasteiger partial charge in [-0.3, -0.25) is 4.79 Å². The van der Waals surface area contributed by atoms with Crippen LogP contribution in [0, 0.1) is 18.3 Å². The maximum atomic E-state index is 12.8. The van der Waals surface area contributed by atoms with E-state index in [4.69, 9.17) is 0 Å². The molecule has 0 radical (unpaired) electrons. The summed E-state index contributed by atoms with van der Waals surface area (Å²) in [6, 6.07) is 9.90. The van der Waals surface area contributed by atoms with Gasteiger partial charge in [0.15, 0.2) is 0 Å². The molecule has 0 aliphatic carbocycles. The molecule has 1 aromatic carbocycles. The molecular formula is C19H24N4O2. The van der Waals surface area contributed by atoms with E-state index in [0.29, 0.717) is 31.6 Å². The van der Waals surface area contributed by atoms with E-state index in [1.165, 1.54) is 0 Å². The van der Waals surface area contributed by atoms with Crippen molar-refractivity contribution >= 4 is 16.8 Å². The SMILES string of the molecule is Cc1c(C#N)c2ccccc2n1CC(=O)N1CC[C@@](O)(CN(C)C)C1. The second kappa shape index (κ2) is 6.51. The molecule has 2 heterocycles. The predicted molar refractivity (Wildman–Crippen MR) is 96.1 cm³/mol. The van der Waals surface area contributed by atoms with Crippen molar-refractivity contribution < 1.29 is 9.90 Å². The number of amides is 1. The van der Waals surface area contributed by atoms with Crippen LogP contribution in [-0.2, 0) is 11.3 Å². The number of hydrogen-bond acceptors (Lipinski definition) is 4.